The fourth-order valence-electron chi connectivity index (χ4n) is 3.35. The molecule has 0 radical (unpaired) electrons. The second-order valence-corrected chi connectivity index (χ2v) is 6.50. The summed E-state index contributed by atoms with van der Waals surface area (Å²) in [6, 6.07) is 10.8. The van der Waals surface area contributed by atoms with E-state index in [-0.39, 0.29) is 18.0 Å². The Kier molecular flexibility index (Phi) is 5.26. The lowest BCUT2D eigenvalue weighted by Gasteiger charge is -2.12. The molecule has 0 saturated carbocycles. The van der Waals surface area contributed by atoms with E-state index in [0.717, 1.165) is 16.5 Å². The van der Waals surface area contributed by atoms with E-state index in [0.29, 0.717) is 22.7 Å². The lowest BCUT2D eigenvalue weighted by molar-refractivity contribution is -0.115. The number of carboxylic acid groups (broad SMARTS) is 1. The van der Waals surface area contributed by atoms with Crippen LogP contribution < -0.4 is 14.8 Å². The Balaban J connectivity index is 1.99. The summed E-state index contributed by atoms with van der Waals surface area (Å²) in [5, 5.41) is 13.2. The average molecular weight is 382 g/mol. The van der Waals surface area contributed by atoms with Crippen molar-refractivity contribution < 1.29 is 24.2 Å². The Hall–Kier alpha value is -3.48. The predicted octanol–water partition coefficient (Wildman–Crippen LogP) is 3.38. The summed E-state index contributed by atoms with van der Waals surface area (Å²) in [5.74, 6) is -0.356. The van der Waals surface area contributed by atoms with Gasteiger partial charge in [0.2, 0.25) is 5.91 Å². The van der Waals surface area contributed by atoms with Gasteiger partial charge in [-0.25, -0.2) is 4.79 Å². The van der Waals surface area contributed by atoms with Crippen LogP contribution in [0.2, 0.25) is 0 Å². The first kappa shape index (κ1) is 19.3. The van der Waals surface area contributed by atoms with E-state index in [2.05, 4.69) is 5.32 Å². The summed E-state index contributed by atoms with van der Waals surface area (Å²) in [7, 11) is 4.73. The van der Waals surface area contributed by atoms with Crippen LogP contribution in [-0.4, -0.2) is 35.8 Å². The summed E-state index contributed by atoms with van der Waals surface area (Å²) in [6.07, 6.45) is -0.0806. The summed E-state index contributed by atoms with van der Waals surface area (Å²) in [4.78, 5) is 24.6. The first-order chi connectivity index (χ1) is 13.3. The molecule has 7 nitrogen and oxygen atoms in total. The summed E-state index contributed by atoms with van der Waals surface area (Å²) < 4.78 is 12.1. The second-order valence-electron chi connectivity index (χ2n) is 6.50. The minimum Gasteiger partial charge on any atom is -0.497 e. The number of nitrogens with zero attached hydrogens (tertiary/aromatic N) is 1. The highest BCUT2D eigenvalue weighted by molar-refractivity contribution is 6.03. The molecule has 0 saturated heterocycles. The van der Waals surface area contributed by atoms with Crippen molar-refractivity contribution in [3.8, 4) is 11.5 Å². The standard InChI is InChI=1S/C21H22N2O5/c1-12-5-7-17-14(9-12)15(20(21(25)26)23(17)2)11-19(24)22-16-10-13(27-3)6-8-18(16)28-4/h5-10H,11H2,1-4H3,(H,22,24)(H,25,26). The number of rotatable bonds is 6. The van der Waals surface area contributed by atoms with Crippen LogP contribution in [-0.2, 0) is 18.3 Å². The molecule has 0 bridgehead atoms. The zero-order valence-corrected chi connectivity index (χ0v) is 16.2. The highest BCUT2D eigenvalue weighted by Gasteiger charge is 2.23. The Bertz CT molecular complexity index is 1070. The third-order valence-electron chi connectivity index (χ3n) is 4.68. The smallest absolute Gasteiger partial charge is 0.352 e. The molecule has 0 aliphatic carbocycles. The molecule has 0 fully saturated rings. The number of nitrogens with one attached hydrogen (secondary N) is 1. The Labute approximate surface area is 162 Å². The molecule has 0 spiro atoms. The molecule has 146 valence electrons. The summed E-state index contributed by atoms with van der Waals surface area (Å²) in [6.45, 7) is 1.93. The highest BCUT2D eigenvalue weighted by atomic mass is 16.5. The molecule has 1 heterocycles. The van der Waals surface area contributed by atoms with Gasteiger partial charge in [-0.2, -0.15) is 0 Å². The maximum atomic E-state index is 12.8. The number of fused-ring (bicyclic) bond motifs is 1. The molecule has 1 amide bonds. The number of aromatic nitrogens is 1. The predicted molar refractivity (Wildman–Crippen MR) is 106 cm³/mol. The summed E-state index contributed by atoms with van der Waals surface area (Å²) in [5.41, 5.74) is 2.80. The van der Waals surface area contributed by atoms with Crippen LogP contribution in [0.15, 0.2) is 36.4 Å². The number of aromatic carboxylic acids is 1. The van der Waals surface area contributed by atoms with Gasteiger partial charge in [-0.3, -0.25) is 4.79 Å². The molecule has 3 rings (SSSR count). The van der Waals surface area contributed by atoms with E-state index >= 15 is 0 Å². The molecule has 28 heavy (non-hydrogen) atoms. The number of benzene rings is 2. The molecular weight excluding hydrogens is 360 g/mol. The Morgan fingerprint density at radius 1 is 1.11 bits per heavy atom. The fourth-order valence-corrected chi connectivity index (χ4v) is 3.35. The number of amides is 1. The van der Waals surface area contributed by atoms with Gasteiger partial charge in [0, 0.05) is 29.6 Å². The molecule has 3 aromatic rings. The molecule has 0 unspecified atom stereocenters. The van der Waals surface area contributed by atoms with Gasteiger partial charge in [0.15, 0.2) is 0 Å². The topological polar surface area (TPSA) is 89.8 Å². The van der Waals surface area contributed by atoms with Gasteiger partial charge in [0.05, 0.1) is 26.3 Å². The van der Waals surface area contributed by atoms with Gasteiger partial charge in [0.1, 0.15) is 17.2 Å². The zero-order chi connectivity index (χ0) is 20.4. The average Bonchev–Trinajstić information content (AvgIpc) is 2.92. The van der Waals surface area contributed by atoms with E-state index in [1.807, 2.05) is 25.1 Å². The first-order valence-electron chi connectivity index (χ1n) is 8.68. The van der Waals surface area contributed by atoms with Gasteiger partial charge >= 0.3 is 5.97 Å². The van der Waals surface area contributed by atoms with E-state index in [1.54, 1.807) is 29.8 Å². The molecular formula is C21H22N2O5. The molecule has 2 N–H and O–H groups in total. The zero-order valence-electron chi connectivity index (χ0n) is 16.2. The van der Waals surface area contributed by atoms with E-state index in [9.17, 15) is 14.7 Å². The number of ether oxygens (including phenoxy) is 2. The fraction of sp³-hybridized carbons (Fsp3) is 0.238. The third-order valence-corrected chi connectivity index (χ3v) is 4.68. The van der Waals surface area contributed by atoms with Crippen LogP contribution in [0.1, 0.15) is 21.6 Å². The number of aryl methyl sites for hydroxylation is 2. The number of carboxylic acids is 1. The van der Waals surface area contributed by atoms with Crippen molar-refractivity contribution in [1.29, 1.82) is 0 Å². The van der Waals surface area contributed by atoms with Crippen LogP contribution in [0.25, 0.3) is 10.9 Å². The SMILES string of the molecule is COc1ccc(OC)c(NC(=O)Cc2c(C(=O)O)n(C)c3ccc(C)cc23)c1. The van der Waals surface area contributed by atoms with Crippen molar-refractivity contribution in [2.24, 2.45) is 7.05 Å². The highest BCUT2D eigenvalue weighted by Crippen LogP contribution is 2.30. The minimum atomic E-state index is -1.07. The van der Waals surface area contributed by atoms with Gasteiger partial charge < -0.3 is 24.5 Å². The van der Waals surface area contributed by atoms with E-state index in [1.165, 1.54) is 14.2 Å². The van der Waals surface area contributed by atoms with Crippen molar-refractivity contribution >= 4 is 28.5 Å². The van der Waals surface area contributed by atoms with Gasteiger partial charge in [-0.1, -0.05) is 11.6 Å². The number of methoxy groups -OCH3 is 2. The van der Waals surface area contributed by atoms with E-state index < -0.39 is 5.97 Å². The maximum Gasteiger partial charge on any atom is 0.352 e. The van der Waals surface area contributed by atoms with Crippen molar-refractivity contribution in [3.63, 3.8) is 0 Å². The number of hydrogen-bond donors (Lipinski definition) is 2. The third kappa shape index (κ3) is 3.51. The van der Waals surface area contributed by atoms with Crippen LogP contribution >= 0.6 is 0 Å². The Morgan fingerprint density at radius 2 is 1.86 bits per heavy atom. The monoisotopic (exact) mass is 382 g/mol. The normalized spacial score (nSPS) is 10.7. The molecule has 1 aromatic heterocycles. The van der Waals surface area contributed by atoms with Crippen molar-refractivity contribution in [2.45, 2.75) is 13.3 Å². The van der Waals surface area contributed by atoms with Crippen LogP contribution in [0, 0.1) is 6.92 Å². The van der Waals surface area contributed by atoms with Crippen molar-refractivity contribution in [1.82, 2.24) is 4.57 Å². The Morgan fingerprint density at radius 3 is 2.50 bits per heavy atom. The van der Waals surface area contributed by atoms with Crippen LogP contribution in [0.4, 0.5) is 5.69 Å². The van der Waals surface area contributed by atoms with Crippen LogP contribution in [0.3, 0.4) is 0 Å². The van der Waals surface area contributed by atoms with Gasteiger partial charge in [0.25, 0.3) is 0 Å². The molecule has 0 atom stereocenters. The quantitative estimate of drug-likeness (QED) is 0.682. The molecule has 0 aliphatic rings. The number of carbonyl (C=O) groups is 2. The largest absolute Gasteiger partial charge is 0.497 e. The number of hydrogen-bond acceptors (Lipinski definition) is 4. The van der Waals surface area contributed by atoms with Crippen molar-refractivity contribution in [2.75, 3.05) is 19.5 Å². The lowest BCUT2D eigenvalue weighted by Crippen LogP contribution is -2.17. The minimum absolute atomic E-state index is 0.0806. The second kappa shape index (κ2) is 7.64. The number of carbonyl (C=O) groups excluding carboxylic acids is 1. The van der Waals surface area contributed by atoms with Crippen LogP contribution in [0.5, 0.6) is 11.5 Å². The maximum absolute atomic E-state index is 12.8. The summed E-state index contributed by atoms with van der Waals surface area (Å²) >= 11 is 0. The van der Waals surface area contributed by atoms with Gasteiger partial charge in [-0.15, -0.1) is 0 Å². The molecule has 2 aromatic carbocycles. The molecule has 0 aliphatic heterocycles. The lowest BCUT2D eigenvalue weighted by atomic mass is 10.0. The molecule has 7 heteroatoms. The van der Waals surface area contributed by atoms with Crippen molar-refractivity contribution in [3.05, 3.63) is 53.2 Å². The number of anilines is 1. The van der Waals surface area contributed by atoms with E-state index in [4.69, 9.17) is 9.47 Å². The van der Waals surface area contributed by atoms with Gasteiger partial charge in [-0.05, 0) is 31.2 Å². The first-order valence-corrected chi connectivity index (χ1v) is 8.68.